The number of amides is 1. The van der Waals surface area contributed by atoms with Crippen molar-refractivity contribution in [2.45, 2.75) is 26.3 Å². The lowest BCUT2D eigenvalue weighted by Gasteiger charge is -2.32. The molecule has 0 bridgehead atoms. The van der Waals surface area contributed by atoms with E-state index in [-0.39, 0.29) is 24.0 Å². The van der Waals surface area contributed by atoms with E-state index in [1.165, 1.54) is 12.8 Å². The third kappa shape index (κ3) is 5.15. The van der Waals surface area contributed by atoms with Crippen molar-refractivity contribution in [3.05, 3.63) is 35.4 Å². The van der Waals surface area contributed by atoms with Gasteiger partial charge in [0, 0.05) is 32.2 Å². The summed E-state index contributed by atoms with van der Waals surface area (Å²) in [4.78, 5) is 17.7. The molecule has 2 rings (SSSR count). The molecule has 1 fully saturated rings. The summed E-state index contributed by atoms with van der Waals surface area (Å²) in [5.74, 6) is 1.36. The largest absolute Gasteiger partial charge is 0.366 e. The van der Waals surface area contributed by atoms with Crippen molar-refractivity contribution < 1.29 is 4.79 Å². The molecule has 0 saturated carbocycles. The number of halogens is 1. The molecule has 1 aliphatic heterocycles. The molecule has 1 aromatic rings. The Bertz CT molecular complexity index is 507. The van der Waals surface area contributed by atoms with Crippen molar-refractivity contribution in [3.63, 3.8) is 0 Å². The molecule has 1 saturated heterocycles. The highest BCUT2D eigenvalue weighted by Gasteiger charge is 2.18. The molecule has 6 heteroatoms. The summed E-state index contributed by atoms with van der Waals surface area (Å²) in [6.45, 7) is 5.11. The lowest BCUT2D eigenvalue weighted by atomic mass is 9.99. The Morgan fingerprint density at radius 3 is 2.41 bits per heavy atom. The third-order valence-electron chi connectivity index (χ3n) is 3.98. The van der Waals surface area contributed by atoms with Crippen LogP contribution in [0.15, 0.2) is 29.3 Å². The smallest absolute Gasteiger partial charge is 0.248 e. The monoisotopic (exact) mass is 416 g/mol. The van der Waals surface area contributed by atoms with E-state index in [4.69, 9.17) is 5.73 Å². The van der Waals surface area contributed by atoms with Gasteiger partial charge in [0.1, 0.15) is 0 Å². The molecule has 5 nitrogen and oxygen atoms in total. The maximum Gasteiger partial charge on any atom is 0.248 e. The first-order chi connectivity index (χ1) is 10.1. The lowest BCUT2D eigenvalue weighted by Crippen LogP contribution is -2.45. The molecule has 0 aliphatic carbocycles. The van der Waals surface area contributed by atoms with Crippen LogP contribution < -0.4 is 11.1 Å². The number of nitrogens with one attached hydrogen (secondary N) is 1. The Balaban J connectivity index is 0.00000242. The van der Waals surface area contributed by atoms with Crippen LogP contribution in [0.2, 0.25) is 0 Å². The summed E-state index contributed by atoms with van der Waals surface area (Å²) in [5.41, 5.74) is 6.87. The number of hydrogen-bond acceptors (Lipinski definition) is 2. The van der Waals surface area contributed by atoms with Crippen molar-refractivity contribution in [2.24, 2.45) is 16.6 Å². The van der Waals surface area contributed by atoms with E-state index in [9.17, 15) is 4.79 Å². The van der Waals surface area contributed by atoms with Gasteiger partial charge in [-0.15, -0.1) is 24.0 Å². The Kier molecular flexibility index (Phi) is 7.64. The molecular weight excluding hydrogens is 391 g/mol. The van der Waals surface area contributed by atoms with Gasteiger partial charge in [0.05, 0.1) is 0 Å². The quantitative estimate of drug-likeness (QED) is 0.451. The molecule has 1 amide bonds. The van der Waals surface area contributed by atoms with Gasteiger partial charge in [-0.2, -0.15) is 0 Å². The molecule has 1 heterocycles. The van der Waals surface area contributed by atoms with Crippen LogP contribution in [0, 0.1) is 5.92 Å². The number of nitrogens with zero attached hydrogens (tertiary/aromatic N) is 2. The zero-order valence-corrected chi connectivity index (χ0v) is 15.5. The number of rotatable bonds is 3. The minimum atomic E-state index is -0.396. The Labute approximate surface area is 149 Å². The predicted molar refractivity (Wildman–Crippen MR) is 101 cm³/mol. The fourth-order valence-electron chi connectivity index (χ4n) is 2.52. The number of piperidine rings is 1. The highest BCUT2D eigenvalue weighted by molar-refractivity contribution is 14.0. The summed E-state index contributed by atoms with van der Waals surface area (Å²) in [6.07, 6.45) is 2.43. The molecule has 1 aliphatic rings. The number of carbonyl (C=O) groups is 1. The number of primary amides is 1. The van der Waals surface area contributed by atoms with E-state index in [0.717, 1.165) is 30.5 Å². The van der Waals surface area contributed by atoms with Gasteiger partial charge in [0.25, 0.3) is 0 Å². The predicted octanol–water partition coefficient (Wildman–Crippen LogP) is 2.21. The first-order valence-electron chi connectivity index (χ1n) is 7.44. The molecular formula is C16H25IN4O. The first-order valence-corrected chi connectivity index (χ1v) is 7.44. The van der Waals surface area contributed by atoms with Gasteiger partial charge in [0.2, 0.25) is 5.91 Å². The van der Waals surface area contributed by atoms with Crippen LogP contribution in [0.5, 0.6) is 0 Å². The van der Waals surface area contributed by atoms with Crippen LogP contribution in [0.25, 0.3) is 0 Å². The highest BCUT2D eigenvalue weighted by atomic mass is 127. The van der Waals surface area contributed by atoms with Gasteiger partial charge in [-0.25, -0.2) is 0 Å². The third-order valence-corrected chi connectivity index (χ3v) is 3.98. The minimum absolute atomic E-state index is 0. The standard InChI is InChI=1S/C16H24N4O.HI/c1-12-7-9-20(10-8-12)16(18-2)19-11-13-3-5-14(6-4-13)15(17)21;/h3-6,12H,7-11H2,1-2H3,(H2,17,21)(H,18,19);1H. The topological polar surface area (TPSA) is 70.7 Å². The molecule has 0 unspecified atom stereocenters. The van der Waals surface area contributed by atoms with Crippen LogP contribution in [0.1, 0.15) is 35.7 Å². The van der Waals surface area contributed by atoms with Gasteiger partial charge in [-0.1, -0.05) is 19.1 Å². The minimum Gasteiger partial charge on any atom is -0.366 e. The van der Waals surface area contributed by atoms with E-state index >= 15 is 0 Å². The molecule has 0 spiro atoms. The highest BCUT2D eigenvalue weighted by Crippen LogP contribution is 2.16. The van der Waals surface area contributed by atoms with Crippen LogP contribution in [0.4, 0.5) is 0 Å². The fourth-order valence-corrected chi connectivity index (χ4v) is 2.52. The summed E-state index contributed by atoms with van der Waals surface area (Å²) >= 11 is 0. The molecule has 0 atom stereocenters. The van der Waals surface area contributed by atoms with Crippen molar-refractivity contribution in [3.8, 4) is 0 Å². The van der Waals surface area contributed by atoms with Crippen molar-refractivity contribution in [1.29, 1.82) is 0 Å². The van der Waals surface area contributed by atoms with E-state index in [1.807, 2.05) is 19.2 Å². The van der Waals surface area contributed by atoms with Crippen molar-refractivity contribution in [1.82, 2.24) is 10.2 Å². The zero-order valence-electron chi connectivity index (χ0n) is 13.2. The number of nitrogens with two attached hydrogens (primary N) is 1. The first kappa shape index (κ1) is 18.7. The van der Waals surface area contributed by atoms with Gasteiger partial charge >= 0.3 is 0 Å². The van der Waals surface area contributed by atoms with Crippen LogP contribution in [-0.4, -0.2) is 36.9 Å². The van der Waals surface area contributed by atoms with Gasteiger partial charge < -0.3 is 16.0 Å². The fraction of sp³-hybridized carbons (Fsp3) is 0.500. The van der Waals surface area contributed by atoms with E-state index in [0.29, 0.717) is 12.1 Å². The molecule has 22 heavy (non-hydrogen) atoms. The van der Waals surface area contributed by atoms with E-state index < -0.39 is 5.91 Å². The molecule has 1 aromatic carbocycles. The van der Waals surface area contributed by atoms with Crippen LogP contribution in [0.3, 0.4) is 0 Å². The maximum atomic E-state index is 11.0. The van der Waals surface area contributed by atoms with E-state index in [2.05, 4.69) is 22.1 Å². The second-order valence-electron chi connectivity index (χ2n) is 5.63. The number of benzene rings is 1. The molecule has 0 aromatic heterocycles. The molecule has 3 N–H and O–H groups in total. The number of hydrogen-bond donors (Lipinski definition) is 2. The van der Waals surface area contributed by atoms with Gasteiger partial charge in [-0.05, 0) is 36.5 Å². The van der Waals surface area contributed by atoms with Crippen LogP contribution in [-0.2, 0) is 6.54 Å². The van der Waals surface area contributed by atoms with Crippen LogP contribution >= 0.6 is 24.0 Å². The van der Waals surface area contributed by atoms with E-state index in [1.54, 1.807) is 12.1 Å². The number of carbonyl (C=O) groups excluding carboxylic acids is 1. The Hall–Kier alpha value is -1.31. The van der Waals surface area contributed by atoms with Crippen molar-refractivity contribution in [2.75, 3.05) is 20.1 Å². The normalized spacial score (nSPS) is 16.1. The Morgan fingerprint density at radius 1 is 1.32 bits per heavy atom. The number of likely N-dealkylation sites (tertiary alicyclic amines) is 1. The summed E-state index contributed by atoms with van der Waals surface area (Å²) in [7, 11) is 1.82. The summed E-state index contributed by atoms with van der Waals surface area (Å²) < 4.78 is 0. The number of aliphatic imine (C=N–C) groups is 1. The second-order valence-corrected chi connectivity index (χ2v) is 5.63. The summed E-state index contributed by atoms with van der Waals surface area (Å²) in [5, 5.41) is 3.38. The van der Waals surface area contributed by atoms with Gasteiger partial charge in [-0.3, -0.25) is 9.79 Å². The molecule has 122 valence electrons. The average molecular weight is 416 g/mol. The van der Waals surface area contributed by atoms with Crippen molar-refractivity contribution >= 4 is 35.8 Å². The zero-order chi connectivity index (χ0) is 15.2. The second kappa shape index (κ2) is 8.97. The van der Waals surface area contributed by atoms with Gasteiger partial charge in [0.15, 0.2) is 5.96 Å². The molecule has 0 radical (unpaired) electrons. The SMILES string of the molecule is CN=C(NCc1ccc(C(N)=O)cc1)N1CCC(C)CC1.I. The number of guanidine groups is 1. The average Bonchev–Trinajstić information content (AvgIpc) is 2.50. The lowest BCUT2D eigenvalue weighted by molar-refractivity contribution is 0.100. The summed E-state index contributed by atoms with van der Waals surface area (Å²) in [6, 6.07) is 7.34. The maximum absolute atomic E-state index is 11.0. The Morgan fingerprint density at radius 2 is 1.91 bits per heavy atom.